The van der Waals surface area contributed by atoms with Gasteiger partial charge in [-0.3, -0.25) is 0 Å². The van der Waals surface area contributed by atoms with Gasteiger partial charge < -0.3 is 0 Å². The van der Waals surface area contributed by atoms with E-state index >= 15 is 0 Å². The van der Waals surface area contributed by atoms with Crippen LogP contribution >= 0.6 is 22.7 Å². The molecule has 6 rings (SSSR count). The SMILES string of the molecule is c1ccc(C(c2nc3ccccc3s2)c2ccsc2C(c2ccccc2)c2ccccc2)cc1. The van der Waals surface area contributed by atoms with Gasteiger partial charge in [-0.05, 0) is 45.8 Å². The van der Waals surface area contributed by atoms with Crippen LogP contribution in [0.2, 0.25) is 0 Å². The fraction of sp³-hybridized carbons (Fsp3) is 0.0645. The minimum absolute atomic E-state index is 0.0924. The quantitative estimate of drug-likeness (QED) is 0.236. The van der Waals surface area contributed by atoms with Crippen molar-refractivity contribution in [2.45, 2.75) is 11.8 Å². The highest BCUT2D eigenvalue weighted by molar-refractivity contribution is 7.18. The first-order valence-corrected chi connectivity index (χ1v) is 13.2. The molecule has 0 fully saturated rings. The summed E-state index contributed by atoms with van der Waals surface area (Å²) in [5, 5.41) is 3.39. The molecule has 164 valence electrons. The Labute approximate surface area is 208 Å². The normalized spacial score (nSPS) is 12.3. The molecule has 2 aromatic heterocycles. The molecule has 0 bridgehead atoms. The Morgan fingerprint density at radius 1 is 0.529 bits per heavy atom. The number of rotatable bonds is 6. The lowest BCUT2D eigenvalue weighted by Gasteiger charge is -2.23. The van der Waals surface area contributed by atoms with Gasteiger partial charge in [0.05, 0.1) is 16.1 Å². The number of benzene rings is 4. The predicted molar refractivity (Wildman–Crippen MR) is 145 cm³/mol. The van der Waals surface area contributed by atoms with Crippen molar-refractivity contribution < 1.29 is 0 Å². The summed E-state index contributed by atoms with van der Waals surface area (Å²) in [5.41, 5.74) is 6.32. The van der Waals surface area contributed by atoms with Gasteiger partial charge in [0.25, 0.3) is 0 Å². The van der Waals surface area contributed by atoms with E-state index in [0.717, 1.165) is 10.5 Å². The molecule has 2 heterocycles. The molecule has 0 spiro atoms. The molecule has 0 saturated heterocycles. The summed E-state index contributed by atoms with van der Waals surface area (Å²) in [6.07, 6.45) is 0. The molecule has 0 aliphatic carbocycles. The van der Waals surface area contributed by atoms with E-state index in [1.54, 1.807) is 11.3 Å². The highest BCUT2D eigenvalue weighted by Gasteiger charge is 2.28. The van der Waals surface area contributed by atoms with E-state index < -0.39 is 0 Å². The van der Waals surface area contributed by atoms with Crippen molar-refractivity contribution in [3.63, 3.8) is 0 Å². The second-order valence-corrected chi connectivity index (χ2v) is 10.4. The Balaban J connectivity index is 1.56. The van der Waals surface area contributed by atoms with Gasteiger partial charge in [-0.15, -0.1) is 22.7 Å². The number of hydrogen-bond donors (Lipinski definition) is 0. The van der Waals surface area contributed by atoms with E-state index in [9.17, 15) is 0 Å². The van der Waals surface area contributed by atoms with Crippen LogP contribution in [-0.4, -0.2) is 4.98 Å². The number of thiophene rings is 1. The van der Waals surface area contributed by atoms with E-state index in [1.807, 2.05) is 11.3 Å². The Morgan fingerprint density at radius 2 is 1.06 bits per heavy atom. The summed E-state index contributed by atoms with van der Waals surface area (Å²) >= 11 is 3.65. The van der Waals surface area contributed by atoms with Crippen LogP contribution in [-0.2, 0) is 0 Å². The van der Waals surface area contributed by atoms with Crippen molar-refractivity contribution in [1.29, 1.82) is 0 Å². The summed E-state index contributed by atoms with van der Waals surface area (Å²) in [5.74, 6) is 0.271. The topological polar surface area (TPSA) is 12.9 Å². The van der Waals surface area contributed by atoms with Crippen molar-refractivity contribution in [2.24, 2.45) is 0 Å². The monoisotopic (exact) mass is 473 g/mol. The minimum Gasteiger partial charge on any atom is -0.240 e. The van der Waals surface area contributed by atoms with Gasteiger partial charge in [0.1, 0.15) is 5.01 Å². The van der Waals surface area contributed by atoms with Crippen LogP contribution in [0.4, 0.5) is 0 Å². The second-order valence-electron chi connectivity index (χ2n) is 8.36. The summed E-state index contributed by atoms with van der Waals surface area (Å²) in [6.45, 7) is 0. The molecule has 6 aromatic rings. The maximum atomic E-state index is 5.11. The van der Waals surface area contributed by atoms with Crippen molar-refractivity contribution in [3.05, 3.63) is 159 Å². The average Bonchev–Trinajstić information content (AvgIpc) is 3.54. The van der Waals surface area contributed by atoms with Crippen molar-refractivity contribution in [1.82, 2.24) is 4.98 Å². The maximum absolute atomic E-state index is 5.11. The molecule has 1 unspecified atom stereocenters. The summed E-state index contributed by atoms with van der Waals surface area (Å²) in [7, 11) is 0. The highest BCUT2D eigenvalue weighted by atomic mass is 32.1. The Hall–Kier alpha value is -3.53. The molecule has 34 heavy (non-hydrogen) atoms. The van der Waals surface area contributed by atoms with Crippen molar-refractivity contribution >= 4 is 32.9 Å². The predicted octanol–water partition coefficient (Wildman–Crippen LogP) is 8.72. The zero-order valence-electron chi connectivity index (χ0n) is 18.5. The van der Waals surface area contributed by atoms with Crippen LogP contribution in [0.15, 0.2) is 127 Å². The molecule has 1 nitrogen and oxygen atoms in total. The van der Waals surface area contributed by atoms with Crippen LogP contribution in [0.5, 0.6) is 0 Å². The summed E-state index contributed by atoms with van der Waals surface area (Å²) in [4.78, 5) is 6.49. The molecule has 0 aliphatic rings. The van der Waals surface area contributed by atoms with Gasteiger partial charge in [-0.1, -0.05) is 103 Å². The lowest BCUT2D eigenvalue weighted by atomic mass is 9.83. The smallest absolute Gasteiger partial charge is 0.106 e. The highest BCUT2D eigenvalue weighted by Crippen LogP contribution is 2.45. The molecular weight excluding hydrogens is 450 g/mol. The summed E-state index contributed by atoms with van der Waals surface area (Å²) in [6, 6.07) is 43.3. The van der Waals surface area contributed by atoms with Crippen molar-refractivity contribution in [3.8, 4) is 0 Å². The maximum Gasteiger partial charge on any atom is 0.106 e. The number of para-hydroxylation sites is 1. The number of hydrogen-bond acceptors (Lipinski definition) is 3. The Kier molecular flexibility index (Phi) is 5.80. The number of nitrogens with zero attached hydrogens (tertiary/aromatic N) is 1. The number of thiazole rings is 1. The molecule has 0 saturated carbocycles. The standard InChI is InChI=1S/C31H23NS2/c1-4-12-22(13-5-1)28(23-14-6-2-7-15-23)30-25(20-21-33-30)29(24-16-8-3-9-17-24)31-32-26-18-10-11-19-27(26)34-31/h1-21,28-29H. The average molecular weight is 474 g/mol. The first-order valence-electron chi connectivity index (χ1n) is 11.5. The van der Waals surface area contributed by atoms with E-state index in [0.29, 0.717) is 0 Å². The molecule has 0 N–H and O–H groups in total. The largest absolute Gasteiger partial charge is 0.240 e. The molecule has 0 aliphatic heterocycles. The number of aromatic nitrogens is 1. The molecule has 3 heteroatoms. The molecule has 0 amide bonds. The van der Waals surface area contributed by atoms with Crippen LogP contribution in [0, 0.1) is 0 Å². The number of fused-ring (bicyclic) bond motifs is 1. The van der Waals surface area contributed by atoms with E-state index in [2.05, 4.69) is 127 Å². The first kappa shape index (κ1) is 21.0. The lowest BCUT2D eigenvalue weighted by Crippen LogP contribution is -2.09. The Bertz CT molecular complexity index is 1430. The third-order valence-corrected chi connectivity index (χ3v) is 8.36. The van der Waals surface area contributed by atoms with Crippen LogP contribution in [0.1, 0.15) is 44.0 Å². The lowest BCUT2D eigenvalue weighted by molar-refractivity contribution is 0.912. The Morgan fingerprint density at radius 3 is 1.65 bits per heavy atom. The van der Waals surface area contributed by atoms with Gasteiger partial charge >= 0.3 is 0 Å². The van der Waals surface area contributed by atoms with Gasteiger partial charge in [0.2, 0.25) is 0 Å². The van der Waals surface area contributed by atoms with Crippen molar-refractivity contribution in [2.75, 3.05) is 0 Å². The summed E-state index contributed by atoms with van der Waals surface area (Å²) < 4.78 is 1.23. The van der Waals surface area contributed by atoms with Gasteiger partial charge in [0, 0.05) is 10.8 Å². The van der Waals surface area contributed by atoms with Crippen LogP contribution in [0.25, 0.3) is 10.2 Å². The van der Waals surface area contributed by atoms with Crippen LogP contribution in [0.3, 0.4) is 0 Å². The second kappa shape index (κ2) is 9.38. The molecule has 0 radical (unpaired) electrons. The van der Waals surface area contributed by atoms with E-state index in [1.165, 1.54) is 31.8 Å². The zero-order valence-corrected chi connectivity index (χ0v) is 20.2. The zero-order chi connectivity index (χ0) is 22.7. The van der Waals surface area contributed by atoms with Gasteiger partial charge in [-0.25, -0.2) is 4.98 Å². The van der Waals surface area contributed by atoms with Gasteiger partial charge in [0.15, 0.2) is 0 Å². The van der Waals surface area contributed by atoms with Gasteiger partial charge in [-0.2, -0.15) is 0 Å². The molecule has 1 atom stereocenters. The fourth-order valence-electron chi connectivity index (χ4n) is 4.70. The minimum atomic E-state index is 0.0924. The van der Waals surface area contributed by atoms with Crippen LogP contribution < -0.4 is 0 Å². The first-order chi connectivity index (χ1) is 16.9. The fourth-order valence-corrected chi connectivity index (χ4v) is 6.91. The third-order valence-electron chi connectivity index (χ3n) is 6.26. The molecule has 4 aromatic carbocycles. The van der Waals surface area contributed by atoms with E-state index in [-0.39, 0.29) is 11.8 Å². The van der Waals surface area contributed by atoms with E-state index in [4.69, 9.17) is 4.98 Å². The third kappa shape index (κ3) is 3.98. The molecular formula is C31H23NS2.